The predicted octanol–water partition coefficient (Wildman–Crippen LogP) is 5.22. The van der Waals surface area contributed by atoms with E-state index in [4.69, 9.17) is 9.47 Å². The topological polar surface area (TPSA) is 57.5 Å². The minimum atomic E-state index is -0.670. The van der Waals surface area contributed by atoms with Crippen LogP contribution in [0.5, 0.6) is 5.75 Å². The average molecular weight is 393 g/mol. The zero-order chi connectivity index (χ0) is 21.2. The molecule has 1 heterocycles. The Kier molecular flexibility index (Phi) is 5.78. The van der Waals surface area contributed by atoms with E-state index in [1.165, 1.54) is 23.4 Å². The maximum Gasteiger partial charge on any atom is 0.340 e. The van der Waals surface area contributed by atoms with Crippen LogP contribution in [0.15, 0.2) is 54.7 Å². The van der Waals surface area contributed by atoms with Crippen LogP contribution in [0.2, 0.25) is 0 Å². The van der Waals surface area contributed by atoms with Crippen LogP contribution < -0.4 is 4.74 Å². The maximum atomic E-state index is 13.2. The summed E-state index contributed by atoms with van der Waals surface area (Å²) in [4.78, 5) is 25.4. The van der Waals surface area contributed by atoms with Crippen LogP contribution >= 0.6 is 0 Å². The number of esters is 1. The molecule has 1 atom stereocenters. The van der Waals surface area contributed by atoms with Crippen molar-refractivity contribution in [2.45, 2.75) is 45.6 Å². The van der Waals surface area contributed by atoms with Gasteiger partial charge in [0.15, 0.2) is 6.10 Å². The van der Waals surface area contributed by atoms with Crippen LogP contribution in [0.1, 0.15) is 54.8 Å². The Balaban J connectivity index is 1.91. The number of para-hydroxylation sites is 1. The Hall–Kier alpha value is -3.08. The Labute approximate surface area is 171 Å². The van der Waals surface area contributed by atoms with Crippen LogP contribution in [-0.4, -0.2) is 29.7 Å². The van der Waals surface area contributed by atoms with E-state index in [9.17, 15) is 9.59 Å². The summed E-state index contributed by atoms with van der Waals surface area (Å²) in [5.41, 5.74) is 2.26. The van der Waals surface area contributed by atoms with Crippen molar-refractivity contribution >= 4 is 22.8 Å². The van der Waals surface area contributed by atoms with E-state index in [2.05, 4.69) is 20.8 Å². The molecule has 3 rings (SSSR count). The molecule has 0 aliphatic heterocycles. The van der Waals surface area contributed by atoms with Crippen LogP contribution in [0.3, 0.4) is 0 Å². The van der Waals surface area contributed by atoms with Gasteiger partial charge in [0.2, 0.25) is 0 Å². The third-order valence-electron chi connectivity index (χ3n) is 5.00. The number of ether oxygens (including phenoxy) is 2. The fourth-order valence-electron chi connectivity index (χ4n) is 3.30. The smallest absolute Gasteiger partial charge is 0.340 e. The molecular formula is C24H27NO4. The number of fused-ring (bicyclic) bond motifs is 1. The van der Waals surface area contributed by atoms with Gasteiger partial charge in [-0.05, 0) is 35.6 Å². The first-order valence-corrected chi connectivity index (χ1v) is 9.76. The van der Waals surface area contributed by atoms with Gasteiger partial charge in [-0.25, -0.2) is 4.79 Å². The summed E-state index contributed by atoms with van der Waals surface area (Å²) in [5.74, 6) is -0.0545. The molecule has 1 aromatic heterocycles. The minimum Gasteiger partial charge on any atom is -0.481 e. The van der Waals surface area contributed by atoms with Crippen molar-refractivity contribution in [3.63, 3.8) is 0 Å². The van der Waals surface area contributed by atoms with Crippen molar-refractivity contribution in [3.05, 3.63) is 65.9 Å². The number of hydrogen-bond donors (Lipinski definition) is 0. The van der Waals surface area contributed by atoms with Crippen molar-refractivity contribution in [2.75, 3.05) is 7.11 Å². The highest BCUT2D eigenvalue weighted by atomic mass is 16.5. The van der Waals surface area contributed by atoms with E-state index in [1.54, 1.807) is 6.07 Å². The van der Waals surface area contributed by atoms with Gasteiger partial charge in [-0.15, -0.1) is 0 Å². The molecule has 0 radical (unpaired) electrons. The predicted molar refractivity (Wildman–Crippen MR) is 114 cm³/mol. The molecule has 0 saturated heterocycles. The van der Waals surface area contributed by atoms with Gasteiger partial charge < -0.3 is 9.47 Å². The first-order chi connectivity index (χ1) is 13.8. The average Bonchev–Trinajstić information content (AvgIpc) is 3.10. The zero-order valence-corrected chi connectivity index (χ0v) is 17.6. The lowest BCUT2D eigenvalue weighted by Gasteiger charge is -2.21. The van der Waals surface area contributed by atoms with Crippen LogP contribution in [-0.2, 0) is 10.2 Å². The molecule has 5 nitrogen and oxygen atoms in total. The van der Waals surface area contributed by atoms with E-state index in [0.717, 1.165) is 0 Å². The van der Waals surface area contributed by atoms with Gasteiger partial charge in [0.05, 0.1) is 18.2 Å². The molecule has 0 aliphatic rings. The highest BCUT2D eigenvalue weighted by molar-refractivity contribution is 6.07. The molecule has 0 saturated carbocycles. The molecule has 0 bridgehead atoms. The van der Waals surface area contributed by atoms with Crippen molar-refractivity contribution in [3.8, 4) is 5.75 Å². The lowest BCUT2D eigenvalue weighted by atomic mass is 9.87. The third-order valence-corrected chi connectivity index (χ3v) is 5.00. The zero-order valence-electron chi connectivity index (χ0n) is 17.6. The summed E-state index contributed by atoms with van der Waals surface area (Å²) in [6, 6.07) is 15.1. The summed E-state index contributed by atoms with van der Waals surface area (Å²) in [6.07, 6.45) is 1.37. The number of nitrogens with zero attached hydrogens (tertiary/aromatic N) is 1. The van der Waals surface area contributed by atoms with E-state index in [1.807, 2.05) is 49.4 Å². The van der Waals surface area contributed by atoms with E-state index in [0.29, 0.717) is 28.6 Å². The summed E-state index contributed by atoms with van der Waals surface area (Å²) in [6.45, 7) is 8.35. The van der Waals surface area contributed by atoms with Crippen molar-refractivity contribution < 1.29 is 19.1 Å². The van der Waals surface area contributed by atoms with Crippen molar-refractivity contribution in [2.24, 2.45) is 0 Å². The van der Waals surface area contributed by atoms with Crippen molar-refractivity contribution in [1.82, 2.24) is 4.57 Å². The molecule has 3 aromatic rings. The molecule has 0 fully saturated rings. The van der Waals surface area contributed by atoms with Crippen LogP contribution in [0, 0.1) is 0 Å². The fourth-order valence-corrected chi connectivity index (χ4v) is 3.30. The molecule has 0 spiro atoms. The van der Waals surface area contributed by atoms with Gasteiger partial charge >= 0.3 is 5.97 Å². The highest BCUT2D eigenvalue weighted by Crippen LogP contribution is 2.26. The summed E-state index contributed by atoms with van der Waals surface area (Å²) >= 11 is 0. The molecule has 0 amide bonds. The van der Waals surface area contributed by atoms with Gasteiger partial charge in [-0.1, -0.05) is 58.0 Å². The number of rotatable bonds is 5. The Morgan fingerprint density at radius 2 is 1.69 bits per heavy atom. The maximum absolute atomic E-state index is 13.2. The lowest BCUT2D eigenvalue weighted by molar-refractivity contribution is 0.0602. The van der Waals surface area contributed by atoms with Gasteiger partial charge in [0.25, 0.3) is 5.91 Å². The molecule has 152 valence electrons. The van der Waals surface area contributed by atoms with Gasteiger partial charge in [0, 0.05) is 11.6 Å². The first-order valence-electron chi connectivity index (χ1n) is 9.76. The second-order valence-corrected chi connectivity index (χ2v) is 8.05. The molecule has 2 aromatic carbocycles. The largest absolute Gasteiger partial charge is 0.481 e. The van der Waals surface area contributed by atoms with E-state index >= 15 is 0 Å². The third kappa shape index (κ3) is 4.19. The van der Waals surface area contributed by atoms with Gasteiger partial charge in [-0.3, -0.25) is 9.36 Å². The summed E-state index contributed by atoms with van der Waals surface area (Å²) in [5, 5.41) is 0.678. The molecule has 0 aliphatic carbocycles. The van der Waals surface area contributed by atoms with Crippen molar-refractivity contribution in [1.29, 1.82) is 0 Å². The molecule has 5 heteroatoms. The Morgan fingerprint density at radius 3 is 2.28 bits per heavy atom. The normalized spacial score (nSPS) is 12.6. The minimum absolute atomic E-state index is 0.0485. The van der Waals surface area contributed by atoms with E-state index in [-0.39, 0.29) is 11.3 Å². The SMILES string of the molecule is CC[C@@H](Oc1ccc(C(C)(C)C)cc1)C(=O)n1cc(C(=O)OC)c2ccccc21. The Bertz CT molecular complexity index is 1030. The first kappa shape index (κ1) is 20.6. The standard InChI is InChI=1S/C24H27NO4/c1-6-21(29-17-13-11-16(12-14-17)24(2,3)4)22(26)25-15-19(23(27)28-5)18-9-7-8-10-20(18)25/h7-15,21H,6H2,1-5H3/t21-/m1/s1. The van der Waals surface area contributed by atoms with Gasteiger partial charge in [0.1, 0.15) is 5.75 Å². The summed E-state index contributed by atoms with van der Waals surface area (Å²) in [7, 11) is 1.33. The quantitative estimate of drug-likeness (QED) is 0.558. The number of methoxy groups -OCH3 is 1. The van der Waals surface area contributed by atoms with E-state index < -0.39 is 12.1 Å². The highest BCUT2D eigenvalue weighted by Gasteiger charge is 2.25. The molecule has 0 unspecified atom stereocenters. The number of carbonyl (C=O) groups excluding carboxylic acids is 2. The number of benzene rings is 2. The summed E-state index contributed by atoms with van der Waals surface area (Å²) < 4.78 is 12.4. The fraction of sp³-hybridized carbons (Fsp3) is 0.333. The van der Waals surface area contributed by atoms with Crippen LogP contribution in [0.4, 0.5) is 0 Å². The molecule has 0 N–H and O–H groups in total. The monoisotopic (exact) mass is 393 g/mol. The second kappa shape index (κ2) is 8.11. The second-order valence-electron chi connectivity index (χ2n) is 8.05. The molecule has 29 heavy (non-hydrogen) atoms. The number of hydrogen-bond acceptors (Lipinski definition) is 4. The van der Waals surface area contributed by atoms with Crippen LogP contribution in [0.25, 0.3) is 10.9 Å². The lowest BCUT2D eigenvalue weighted by Crippen LogP contribution is -2.31. The Morgan fingerprint density at radius 1 is 1.03 bits per heavy atom. The van der Waals surface area contributed by atoms with Gasteiger partial charge in [-0.2, -0.15) is 0 Å². The molecular weight excluding hydrogens is 366 g/mol. The number of aromatic nitrogens is 1. The number of carbonyl (C=O) groups is 2.